The number of hydrogen-bond acceptors (Lipinski definition) is 10. The van der Waals surface area contributed by atoms with Crippen LogP contribution in [0.1, 0.15) is 64.1 Å². The standard InChI is InChI=1S/C27H28N2O8S/c1-6-34-17-12-10-16(13-19(17)35-7-2)21-20(22(30)18-11-9-14(4)37-18)23(31)25(32)29(21)27-28-15(5)24(38-27)26(33)36-8-3/h9-13,21,31H,6-8H2,1-5H3. The normalized spacial score (nSPS) is 15.2. The van der Waals surface area contributed by atoms with E-state index in [0.29, 0.717) is 41.7 Å². The molecule has 0 spiro atoms. The number of esters is 1. The lowest BCUT2D eigenvalue weighted by molar-refractivity contribution is -0.117. The highest BCUT2D eigenvalue weighted by atomic mass is 32.1. The lowest BCUT2D eigenvalue weighted by atomic mass is 9.95. The molecule has 1 unspecified atom stereocenters. The number of aryl methyl sites for hydroxylation is 2. The van der Waals surface area contributed by atoms with Crippen molar-refractivity contribution in [1.29, 1.82) is 0 Å². The highest BCUT2D eigenvalue weighted by Gasteiger charge is 2.47. The number of ketones is 1. The molecule has 0 saturated carbocycles. The summed E-state index contributed by atoms with van der Waals surface area (Å²) < 4.78 is 22.1. The summed E-state index contributed by atoms with van der Waals surface area (Å²) in [6, 6.07) is 7.04. The van der Waals surface area contributed by atoms with Crippen molar-refractivity contribution >= 4 is 34.1 Å². The monoisotopic (exact) mass is 540 g/mol. The summed E-state index contributed by atoms with van der Waals surface area (Å²) in [4.78, 5) is 45.4. The zero-order valence-electron chi connectivity index (χ0n) is 21.7. The average Bonchev–Trinajstić information content (AvgIpc) is 3.56. The van der Waals surface area contributed by atoms with Crippen molar-refractivity contribution in [3.8, 4) is 11.5 Å². The quantitative estimate of drug-likeness (QED) is 0.275. The van der Waals surface area contributed by atoms with Crippen LogP contribution in [0.5, 0.6) is 11.5 Å². The molecule has 0 radical (unpaired) electrons. The highest BCUT2D eigenvalue weighted by Crippen LogP contribution is 2.45. The maximum atomic E-state index is 13.6. The van der Waals surface area contributed by atoms with E-state index in [0.717, 1.165) is 11.3 Å². The Kier molecular flexibility index (Phi) is 7.86. The van der Waals surface area contributed by atoms with E-state index in [4.69, 9.17) is 18.6 Å². The molecule has 4 rings (SSSR count). The minimum atomic E-state index is -1.09. The number of Topliss-reactive ketones (excluding diaryl/α,β-unsaturated/α-hetero) is 1. The fourth-order valence-electron chi connectivity index (χ4n) is 4.15. The van der Waals surface area contributed by atoms with Crippen LogP contribution < -0.4 is 14.4 Å². The van der Waals surface area contributed by atoms with Crippen LogP contribution in [0.25, 0.3) is 0 Å². The Hall–Kier alpha value is -4.12. The molecule has 200 valence electrons. The Bertz CT molecular complexity index is 1420. The van der Waals surface area contributed by atoms with Crippen LogP contribution in [0.2, 0.25) is 0 Å². The number of thiazole rings is 1. The number of furan rings is 1. The van der Waals surface area contributed by atoms with Crippen molar-refractivity contribution in [3.63, 3.8) is 0 Å². The van der Waals surface area contributed by atoms with Gasteiger partial charge in [0.2, 0.25) is 5.78 Å². The van der Waals surface area contributed by atoms with Gasteiger partial charge in [0.25, 0.3) is 5.91 Å². The number of ether oxygens (including phenoxy) is 3. The van der Waals surface area contributed by atoms with Crippen molar-refractivity contribution in [3.05, 3.63) is 69.3 Å². The molecule has 1 amide bonds. The van der Waals surface area contributed by atoms with E-state index >= 15 is 0 Å². The van der Waals surface area contributed by atoms with E-state index in [2.05, 4.69) is 4.98 Å². The number of nitrogens with zero attached hydrogens (tertiary/aromatic N) is 2. The summed E-state index contributed by atoms with van der Waals surface area (Å²) in [5.41, 5.74) is 0.644. The summed E-state index contributed by atoms with van der Waals surface area (Å²) in [5.74, 6) is -1.41. The average molecular weight is 541 g/mol. The Balaban J connectivity index is 1.88. The molecule has 1 atom stereocenters. The lowest BCUT2D eigenvalue weighted by Crippen LogP contribution is -2.31. The van der Waals surface area contributed by atoms with Crippen LogP contribution in [0.3, 0.4) is 0 Å². The van der Waals surface area contributed by atoms with E-state index in [1.165, 1.54) is 11.0 Å². The third-order valence-corrected chi connectivity index (χ3v) is 6.89. The first-order valence-corrected chi connectivity index (χ1v) is 12.9. The summed E-state index contributed by atoms with van der Waals surface area (Å²) in [7, 11) is 0. The molecule has 3 aromatic rings. The van der Waals surface area contributed by atoms with Gasteiger partial charge in [-0.15, -0.1) is 0 Å². The maximum absolute atomic E-state index is 13.6. The molecule has 0 aliphatic carbocycles. The number of hydrogen-bond donors (Lipinski definition) is 1. The van der Waals surface area contributed by atoms with Crippen molar-refractivity contribution < 1.29 is 38.1 Å². The molecule has 0 bridgehead atoms. The highest BCUT2D eigenvalue weighted by molar-refractivity contribution is 7.17. The number of rotatable bonds is 10. The first-order chi connectivity index (χ1) is 18.2. The Morgan fingerprint density at radius 3 is 2.39 bits per heavy atom. The second kappa shape index (κ2) is 11.1. The lowest BCUT2D eigenvalue weighted by Gasteiger charge is -2.25. The second-order valence-corrected chi connectivity index (χ2v) is 9.26. The fourth-order valence-corrected chi connectivity index (χ4v) is 5.14. The largest absolute Gasteiger partial charge is 0.503 e. The molecule has 38 heavy (non-hydrogen) atoms. The minimum Gasteiger partial charge on any atom is -0.503 e. The van der Waals surface area contributed by atoms with Gasteiger partial charge in [0.05, 0.1) is 37.1 Å². The summed E-state index contributed by atoms with van der Waals surface area (Å²) >= 11 is 0.939. The first-order valence-electron chi connectivity index (χ1n) is 12.1. The fraction of sp³-hybridized carbons (Fsp3) is 0.333. The smallest absolute Gasteiger partial charge is 0.350 e. The Morgan fingerprint density at radius 1 is 1.05 bits per heavy atom. The molecule has 11 heteroatoms. The zero-order valence-corrected chi connectivity index (χ0v) is 22.5. The number of aromatic nitrogens is 1. The van der Waals surface area contributed by atoms with Crippen LogP contribution in [0, 0.1) is 13.8 Å². The van der Waals surface area contributed by atoms with Crippen molar-refractivity contribution in [2.75, 3.05) is 24.7 Å². The summed E-state index contributed by atoms with van der Waals surface area (Å²) in [5, 5.41) is 11.1. The molecule has 1 aliphatic heterocycles. The molecular formula is C27H28N2O8S. The van der Waals surface area contributed by atoms with Gasteiger partial charge in [-0.2, -0.15) is 0 Å². The molecule has 1 N–H and O–H groups in total. The van der Waals surface area contributed by atoms with E-state index in [-0.39, 0.29) is 27.9 Å². The topological polar surface area (TPSA) is 128 Å². The zero-order chi connectivity index (χ0) is 27.6. The van der Waals surface area contributed by atoms with Crippen LogP contribution in [0.15, 0.2) is 46.1 Å². The third-order valence-electron chi connectivity index (χ3n) is 5.75. The van der Waals surface area contributed by atoms with E-state index in [1.807, 2.05) is 13.8 Å². The number of benzene rings is 1. The molecule has 10 nitrogen and oxygen atoms in total. The molecule has 0 saturated heterocycles. The Morgan fingerprint density at radius 2 is 1.76 bits per heavy atom. The van der Waals surface area contributed by atoms with E-state index in [9.17, 15) is 19.5 Å². The van der Waals surface area contributed by atoms with Gasteiger partial charge in [-0.05, 0) is 64.4 Å². The van der Waals surface area contributed by atoms with Gasteiger partial charge in [0.1, 0.15) is 10.6 Å². The molecule has 1 aliphatic rings. The number of carbonyl (C=O) groups excluding carboxylic acids is 3. The SMILES string of the molecule is CCOC(=O)c1sc(N2C(=O)C(O)=C(C(=O)c3ccc(C)o3)C2c2ccc(OCC)c(OCC)c2)nc1C. The molecule has 2 aromatic heterocycles. The van der Waals surface area contributed by atoms with Crippen molar-refractivity contribution in [2.45, 2.75) is 40.7 Å². The maximum Gasteiger partial charge on any atom is 0.350 e. The molecule has 1 aromatic carbocycles. The van der Waals surface area contributed by atoms with Gasteiger partial charge in [0, 0.05) is 0 Å². The van der Waals surface area contributed by atoms with Gasteiger partial charge in [-0.1, -0.05) is 17.4 Å². The van der Waals surface area contributed by atoms with Crippen LogP contribution in [0.4, 0.5) is 5.13 Å². The van der Waals surface area contributed by atoms with E-state index < -0.39 is 29.5 Å². The predicted octanol–water partition coefficient (Wildman–Crippen LogP) is 5.11. The van der Waals surface area contributed by atoms with Gasteiger partial charge in [-0.25, -0.2) is 9.78 Å². The number of anilines is 1. The Labute approximate surface area is 223 Å². The predicted molar refractivity (Wildman–Crippen MR) is 139 cm³/mol. The number of amides is 1. The minimum absolute atomic E-state index is 0.0257. The van der Waals surface area contributed by atoms with Crippen LogP contribution in [-0.2, 0) is 9.53 Å². The molecule has 0 fully saturated rings. The third kappa shape index (κ3) is 4.89. The van der Waals surface area contributed by atoms with Crippen molar-refractivity contribution in [1.82, 2.24) is 4.98 Å². The van der Waals surface area contributed by atoms with Crippen LogP contribution in [-0.4, -0.2) is 47.6 Å². The molecular weight excluding hydrogens is 512 g/mol. The van der Waals surface area contributed by atoms with Gasteiger partial charge in [-0.3, -0.25) is 14.5 Å². The molecule has 3 heterocycles. The van der Waals surface area contributed by atoms with Gasteiger partial charge in [0.15, 0.2) is 28.1 Å². The first kappa shape index (κ1) is 26.9. The second-order valence-electron chi connectivity index (χ2n) is 8.28. The number of aliphatic hydroxyl groups excluding tert-OH is 1. The van der Waals surface area contributed by atoms with E-state index in [1.54, 1.807) is 45.0 Å². The summed E-state index contributed by atoms with van der Waals surface area (Å²) in [6.07, 6.45) is 0. The van der Waals surface area contributed by atoms with Crippen molar-refractivity contribution in [2.24, 2.45) is 0 Å². The number of carbonyl (C=O) groups is 3. The van der Waals surface area contributed by atoms with Gasteiger partial charge < -0.3 is 23.7 Å². The van der Waals surface area contributed by atoms with Crippen LogP contribution >= 0.6 is 11.3 Å². The number of aliphatic hydroxyl groups is 1. The summed E-state index contributed by atoms with van der Waals surface area (Å²) in [6.45, 7) is 9.59. The van der Waals surface area contributed by atoms with Gasteiger partial charge >= 0.3 is 5.97 Å².